The molecule has 0 aliphatic heterocycles. The van der Waals surface area contributed by atoms with Crippen LogP contribution in [0.15, 0.2) is 127 Å². The first kappa shape index (κ1) is 48.9. The van der Waals surface area contributed by atoms with Gasteiger partial charge in [0.1, 0.15) is 5.92 Å². The molecule has 9 heteroatoms. The van der Waals surface area contributed by atoms with E-state index in [1.807, 2.05) is 66.7 Å². The number of ketones is 3. The molecule has 0 N–H and O–H groups in total. The van der Waals surface area contributed by atoms with E-state index in [4.69, 9.17) is 14.2 Å². The van der Waals surface area contributed by atoms with Crippen LogP contribution in [-0.2, 0) is 38.2 Å². The van der Waals surface area contributed by atoms with Gasteiger partial charge in [0.15, 0.2) is 34.2 Å². The lowest BCUT2D eigenvalue weighted by Gasteiger charge is -2.56. The fourth-order valence-electron chi connectivity index (χ4n) is 15.1. The van der Waals surface area contributed by atoms with Gasteiger partial charge in [0.05, 0.1) is 11.0 Å². The molecule has 7 saturated carbocycles. The van der Waals surface area contributed by atoms with Crippen LogP contribution in [-0.4, -0.2) is 52.1 Å². The number of carbonyl (C=O) groups excluding carboxylic acids is 6. The van der Waals surface area contributed by atoms with Crippen molar-refractivity contribution in [3.8, 4) is 0 Å². The predicted molar refractivity (Wildman–Crippen MR) is 270 cm³/mol. The molecular weight excluding hydrogens is 889 g/mol. The Morgan fingerprint density at radius 1 is 0.437 bits per heavy atom. The average Bonchev–Trinajstić information content (AvgIpc) is 3.38. The number of benzene rings is 3. The summed E-state index contributed by atoms with van der Waals surface area (Å²) in [6.07, 6.45) is 27.8. The number of carbonyl (C=O) groups is 6. The van der Waals surface area contributed by atoms with Gasteiger partial charge < -0.3 is 14.2 Å². The number of ether oxygens (including phenoxy) is 3. The van der Waals surface area contributed by atoms with Gasteiger partial charge in [-0.05, 0) is 157 Å². The highest BCUT2D eigenvalue weighted by Crippen LogP contribution is 2.61. The summed E-state index contributed by atoms with van der Waals surface area (Å²) in [5.41, 5.74) is -0.844. The van der Waals surface area contributed by atoms with E-state index >= 15 is 0 Å². The molecule has 9 atom stereocenters. The van der Waals surface area contributed by atoms with E-state index in [1.54, 1.807) is 38.1 Å². The molecule has 0 heterocycles. The average molecular weight is 959 g/mol. The smallest absolute Gasteiger partial charge is 0.339 e. The molecule has 9 nitrogen and oxygen atoms in total. The fourth-order valence-corrected chi connectivity index (χ4v) is 15.1. The molecule has 372 valence electrons. The summed E-state index contributed by atoms with van der Waals surface area (Å²) in [7, 11) is 0. The highest BCUT2D eigenvalue weighted by atomic mass is 16.6. The lowest BCUT2D eigenvalue weighted by Crippen LogP contribution is -2.57. The van der Waals surface area contributed by atoms with E-state index in [0.29, 0.717) is 42.6 Å². The van der Waals surface area contributed by atoms with E-state index in [1.165, 1.54) is 26.2 Å². The van der Waals surface area contributed by atoms with Gasteiger partial charge in [-0.2, -0.15) is 0 Å². The molecule has 0 radical (unpaired) electrons. The van der Waals surface area contributed by atoms with Crippen molar-refractivity contribution in [1.29, 1.82) is 0 Å². The normalized spacial score (nSPS) is 35.9. The maximum absolute atomic E-state index is 13.4. The number of Topliss-reactive ketones (excluding diaryl/α,β-unsaturated/α-hetero) is 3. The van der Waals surface area contributed by atoms with Gasteiger partial charge in [-0.15, -0.1) is 0 Å². The second-order valence-corrected chi connectivity index (χ2v) is 23.0. The zero-order valence-corrected chi connectivity index (χ0v) is 41.7. The minimum atomic E-state index is -1.02. The van der Waals surface area contributed by atoms with Gasteiger partial charge in [-0.3, -0.25) is 24.0 Å². The number of hydrogen-bond acceptors (Lipinski definition) is 9. The quantitative estimate of drug-likeness (QED) is 0.105. The summed E-state index contributed by atoms with van der Waals surface area (Å²) in [4.78, 5) is 76.4. The summed E-state index contributed by atoms with van der Waals surface area (Å²) in [5.74, 6) is 2.01. The second kappa shape index (κ2) is 19.7. The van der Waals surface area contributed by atoms with Crippen molar-refractivity contribution in [2.45, 2.75) is 140 Å². The molecule has 0 spiro atoms. The molecule has 7 fully saturated rings. The van der Waals surface area contributed by atoms with E-state index in [-0.39, 0.29) is 52.5 Å². The Kier molecular flexibility index (Phi) is 13.6. The van der Waals surface area contributed by atoms with Crippen molar-refractivity contribution >= 4 is 35.3 Å². The molecule has 71 heavy (non-hydrogen) atoms. The van der Waals surface area contributed by atoms with Crippen molar-refractivity contribution in [2.24, 2.45) is 58.7 Å². The van der Waals surface area contributed by atoms with Crippen LogP contribution < -0.4 is 0 Å². The third-order valence-corrected chi connectivity index (χ3v) is 18.5. The predicted octanol–water partition coefficient (Wildman–Crippen LogP) is 11.9. The zero-order chi connectivity index (χ0) is 49.5. The lowest BCUT2D eigenvalue weighted by molar-refractivity contribution is -0.198. The van der Waals surface area contributed by atoms with E-state index in [9.17, 15) is 28.8 Å². The fraction of sp³-hybridized carbons (Fsp3) is 0.516. The SMILES string of the molecule is CC(=O)C1(OC(=O)C(c2ccccc2)c2ccccc2)CC2C=CC1CC2.CC(=O)C1(OC(=O)C23CC4CC(CC(C4)C2)C3)CC2C=CC1CC2.CC(=O)C1(OC(=O)c2ccccc2)CC2C=CC1CC2. The van der Waals surface area contributed by atoms with Crippen LogP contribution in [0.2, 0.25) is 0 Å². The molecular formula is C62H70O9. The monoisotopic (exact) mass is 959 g/mol. The first-order valence-corrected chi connectivity index (χ1v) is 26.6. The van der Waals surface area contributed by atoms with Gasteiger partial charge in [0.2, 0.25) is 0 Å². The Labute approximate surface area is 419 Å². The molecule has 13 aliphatic carbocycles. The summed E-state index contributed by atoms with van der Waals surface area (Å²) >= 11 is 0. The highest BCUT2D eigenvalue weighted by Gasteiger charge is 2.60. The van der Waals surface area contributed by atoms with Crippen molar-refractivity contribution in [1.82, 2.24) is 0 Å². The Hall–Kier alpha value is -5.70. The van der Waals surface area contributed by atoms with Gasteiger partial charge >= 0.3 is 17.9 Å². The standard InChI is InChI=1S/C24H24O3.C21H28O3.C17H18O3/c1-17(25)24(16-18-12-14-21(24)15-13-18)27-23(26)22(19-8-4-2-5-9-19)20-10-6-3-7-11-20;1-13(22)21(12-14-2-4-18(21)5-3-14)24-19(23)20-9-15-6-16(10-20)8-17(7-15)11-20;1-12(18)17(11-13-7-9-15(17)10-8-13)20-16(19)14-5-3-2-4-6-14/h2-12,14,18,21-22H,13,15-16H2,1H3;2,4,14-18H,3,5-12H2,1H3;2-7,9,13,15H,8,10-11H2,1H3. The Balaban J connectivity index is 0.000000124. The molecule has 0 amide bonds. The Morgan fingerprint density at radius 3 is 1.14 bits per heavy atom. The Morgan fingerprint density at radius 2 is 0.803 bits per heavy atom. The van der Waals surface area contributed by atoms with Crippen LogP contribution in [0.1, 0.15) is 144 Å². The van der Waals surface area contributed by atoms with Crippen molar-refractivity contribution in [2.75, 3.05) is 0 Å². The minimum absolute atomic E-state index is 0.0175. The van der Waals surface area contributed by atoms with Crippen LogP contribution in [0, 0.1) is 58.7 Å². The maximum atomic E-state index is 13.4. The third kappa shape index (κ3) is 9.36. The summed E-state index contributed by atoms with van der Waals surface area (Å²) in [6, 6.07) is 28.2. The molecule has 0 aromatic heterocycles. The molecule has 13 aliphatic rings. The minimum Gasteiger partial charge on any atom is -0.450 e. The van der Waals surface area contributed by atoms with Crippen molar-refractivity contribution in [3.63, 3.8) is 0 Å². The highest BCUT2D eigenvalue weighted by molar-refractivity contribution is 5.95. The second-order valence-electron chi connectivity index (χ2n) is 23.0. The topological polar surface area (TPSA) is 130 Å². The molecule has 16 rings (SSSR count). The first-order valence-electron chi connectivity index (χ1n) is 26.6. The summed E-state index contributed by atoms with van der Waals surface area (Å²) < 4.78 is 18.0. The molecule has 3 aromatic rings. The largest absolute Gasteiger partial charge is 0.450 e. The van der Waals surface area contributed by atoms with E-state index < -0.39 is 28.7 Å². The summed E-state index contributed by atoms with van der Waals surface area (Å²) in [6.45, 7) is 4.72. The zero-order valence-electron chi connectivity index (χ0n) is 41.7. The molecule has 3 aromatic carbocycles. The number of allylic oxidation sites excluding steroid dienone is 3. The van der Waals surface area contributed by atoms with Gasteiger partial charge in [0, 0.05) is 37.0 Å². The van der Waals surface area contributed by atoms with Crippen LogP contribution in [0.3, 0.4) is 0 Å². The third-order valence-electron chi connectivity index (χ3n) is 18.5. The maximum Gasteiger partial charge on any atom is 0.339 e. The lowest BCUT2D eigenvalue weighted by atomic mass is 9.49. The van der Waals surface area contributed by atoms with Gasteiger partial charge in [-0.25, -0.2) is 4.79 Å². The number of rotatable bonds is 11. The van der Waals surface area contributed by atoms with Crippen LogP contribution >= 0.6 is 0 Å². The van der Waals surface area contributed by atoms with Gasteiger partial charge in [-0.1, -0.05) is 115 Å². The Bertz CT molecular complexity index is 2520. The number of fused-ring (bicyclic) bond motifs is 6. The van der Waals surface area contributed by atoms with Crippen molar-refractivity contribution < 1.29 is 43.0 Å². The number of hydrogen-bond donors (Lipinski definition) is 0. The summed E-state index contributed by atoms with van der Waals surface area (Å²) in [5, 5.41) is 0. The van der Waals surface area contributed by atoms with E-state index in [2.05, 4.69) is 36.5 Å². The molecule has 10 bridgehead atoms. The van der Waals surface area contributed by atoms with E-state index in [0.717, 1.165) is 86.7 Å². The van der Waals surface area contributed by atoms with Gasteiger partial charge in [0.25, 0.3) is 0 Å². The molecule has 9 unspecified atom stereocenters. The first-order chi connectivity index (χ1) is 34.2. The molecule has 0 saturated heterocycles. The number of esters is 3. The van der Waals surface area contributed by atoms with Crippen LogP contribution in [0.4, 0.5) is 0 Å². The van der Waals surface area contributed by atoms with Crippen molar-refractivity contribution in [3.05, 3.63) is 144 Å². The van der Waals surface area contributed by atoms with Crippen LogP contribution in [0.5, 0.6) is 0 Å². The van der Waals surface area contributed by atoms with Crippen LogP contribution in [0.25, 0.3) is 0 Å².